The maximum Gasteiger partial charge on any atom is 0.0295 e. The number of hydrogen-bond acceptors (Lipinski definition) is 0. The Balaban J connectivity index is 1.67. The third-order valence-corrected chi connectivity index (χ3v) is 6.57. The Bertz CT molecular complexity index is 1140. The van der Waals surface area contributed by atoms with Crippen molar-refractivity contribution < 1.29 is 0 Å². The fraction of sp³-hybridized carbons (Fsp3) is 0.0968. The van der Waals surface area contributed by atoms with Crippen molar-refractivity contribution in [2.24, 2.45) is 0 Å². The zero-order chi connectivity index (χ0) is 21.3. The van der Waals surface area contributed by atoms with Crippen molar-refractivity contribution >= 4 is 11.1 Å². The van der Waals surface area contributed by atoms with Gasteiger partial charge in [-0.1, -0.05) is 122 Å². The zero-order valence-corrected chi connectivity index (χ0v) is 17.7. The molecule has 0 bridgehead atoms. The number of fused-ring (bicyclic) bond motifs is 3. The van der Waals surface area contributed by atoms with Crippen LogP contribution in [-0.4, -0.2) is 0 Å². The SMILES string of the molecule is C=C(CC1(CC(=C)c2ccccc2)c2ccccc2-c2ccccc21)c1ccccc1. The van der Waals surface area contributed by atoms with E-state index in [0.29, 0.717) is 0 Å². The first-order chi connectivity index (χ1) is 15.2. The summed E-state index contributed by atoms with van der Waals surface area (Å²) >= 11 is 0. The van der Waals surface area contributed by atoms with Gasteiger partial charge in [0.2, 0.25) is 0 Å². The van der Waals surface area contributed by atoms with Crippen molar-refractivity contribution in [3.8, 4) is 11.1 Å². The average molecular weight is 399 g/mol. The second-order valence-electron chi connectivity index (χ2n) is 8.47. The third kappa shape index (κ3) is 3.35. The minimum Gasteiger partial charge on any atom is -0.0952 e. The molecule has 0 N–H and O–H groups in total. The van der Waals surface area contributed by atoms with Gasteiger partial charge in [0.15, 0.2) is 0 Å². The molecule has 0 fully saturated rings. The Kier molecular flexibility index (Phi) is 4.92. The predicted octanol–water partition coefficient (Wildman–Crippen LogP) is 8.16. The monoisotopic (exact) mass is 398 g/mol. The first kappa shape index (κ1) is 19.3. The highest BCUT2D eigenvalue weighted by Gasteiger charge is 2.43. The van der Waals surface area contributed by atoms with E-state index in [9.17, 15) is 0 Å². The van der Waals surface area contributed by atoms with Gasteiger partial charge in [0.1, 0.15) is 0 Å². The fourth-order valence-corrected chi connectivity index (χ4v) is 5.14. The van der Waals surface area contributed by atoms with E-state index in [4.69, 9.17) is 0 Å². The summed E-state index contributed by atoms with van der Waals surface area (Å²) < 4.78 is 0. The molecule has 0 aromatic heterocycles. The Morgan fingerprint density at radius 3 is 1.26 bits per heavy atom. The largest absolute Gasteiger partial charge is 0.0952 e. The molecule has 0 radical (unpaired) electrons. The van der Waals surface area contributed by atoms with E-state index in [1.807, 2.05) is 0 Å². The molecule has 0 atom stereocenters. The summed E-state index contributed by atoms with van der Waals surface area (Å²) in [6.45, 7) is 9.06. The van der Waals surface area contributed by atoms with E-state index < -0.39 is 0 Å². The molecule has 0 saturated heterocycles. The van der Waals surface area contributed by atoms with E-state index >= 15 is 0 Å². The minimum atomic E-state index is -0.187. The zero-order valence-electron chi connectivity index (χ0n) is 17.7. The van der Waals surface area contributed by atoms with Crippen LogP contribution in [0.2, 0.25) is 0 Å². The molecule has 4 aromatic rings. The van der Waals surface area contributed by atoms with Crippen LogP contribution in [-0.2, 0) is 5.41 Å². The highest BCUT2D eigenvalue weighted by molar-refractivity contribution is 5.84. The summed E-state index contributed by atoms with van der Waals surface area (Å²) in [6, 6.07) is 38.8. The molecule has 31 heavy (non-hydrogen) atoms. The molecule has 0 amide bonds. The highest BCUT2D eigenvalue weighted by Crippen LogP contribution is 2.56. The predicted molar refractivity (Wildman–Crippen MR) is 133 cm³/mol. The molecule has 0 unspecified atom stereocenters. The van der Waals surface area contributed by atoms with Gasteiger partial charge in [-0.25, -0.2) is 0 Å². The van der Waals surface area contributed by atoms with Crippen molar-refractivity contribution in [3.05, 3.63) is 145 Å². The Hall–Kier alpha value is -3.64. The second-order valence-corrected chi connectivity index (χ2v) is 8.47. The molecule has 0 aliphatic heterocycles. The first-order valence-corrected chi connectivity index (χ1v) is 10.8. The molecule has 1 aliphatic rings. The van der Waals surface area contributed by atoms with E-state index in [1.54, 1.807) is 0 Å². The number of rotatable bonds is 6. The van der Waals surface area contributed by atoms with Crippen molar-refractivity contribution in [1.82, 2.24) is 0 Å². The quantitative estimate of drug-likeness (QED) is 0.307. The van der Waals surface area contributed by atoms with Gasteiger partial charge in [0.25, 0.3) is 0 Å². The van der Waals surface area contributed by atoms with Gasteiger partial charge in [0, 0.05) is 5.41 Å². The van der Waals surface area contributed by atoms with E-state index in [2.05, 4.69) is 122 Å². The Morgan fingerprint density at radius 1 is 0.484 bits per heavy atom. The van der Waals surface area contributed by atoms with Crippen LogP contribution >= 0.6 is 0 Å². The van der Waals surface area contributed by atoms with E-state index in [-0.39, 0.29) is 5.41 Å². The minimum absolute atomic E-state index is 0.187. The maximum atomic E-state index is 4.53. The standard InChI is InChI=1S/C31H26/c1-23(25-13-5-3-6-14-25)21-31(22-24(2)26-15-7-4-8-16-26)29-19-11-9-17-27(29)28-18-10-12-20-30(28)31/h3-20H,1-2,21-22H2. The normalized spacial score (nSPS) is 13.3. The summed E-state index contributed by atoms with van der Waals surface area (Å²) in [7, 11) is 0. The second kappa shape index (κ2) is 7.89. The molecular formula is C31H26. The summed E-state index contributed by atoms with van der Waals surface area (Å²) in [5.74, 6) is 0. The van der Waals surface area contributed by atoms with E-state index in [1.165, 1.54) is 33.4 Å². The molecular weight excluding hydrogens is 372 g/mol. The van der Waals surface area contributed by atoms with Gasteiger partial charge in [-0.05, 0) is 57.4 Å². The highest BCUT2D eigenvalue weighted by atomic mass is 14.5. The van der Waals surface area contributed by atoms with Crippen LogP contribution in [0.5, 0.6) is 0 Å². The average Bonchev–Trinajstić information content (AvgIpc) is 3.10. The Labute approximate surface area is 185 Å². The van der Waals surface area contributed by atoms with Gasteiger partial charge < -0.3 is 0 Å². The van der Waals surface area contributed by atoms with Crippen molar-refractivity contribution in [2.75, 3.05) is 0 Å². The summed E-state index contributed by atoms with van der Waals surface area (Å²) in [4.78, 5) is 0. The van der Waals surface area contributed by atoms with Crippen LogP contribution in [0.25, 0.3) is 22.3 Å². The topological polar surface area (TPSA) is 0 Å². The fourth-order valence-electron chi connectivity index (χ4n) is 5.14. The third-order valence-electron chi connectivity index (χ3n) is 6.57. The molecule has 0 spiro atoms. The van der Waals surface area contributed by atoms with Gasteiger partial charge >= 0.3 is 0 Å². The van der Waals surface area contributed by atoms with Crippen molar-refractivity contribution in [3.63, 3.8) is 0 Å². The van der Waals surface area contributed by atoms with Crippen LogP contribution in [0.4, 0.5) is 0 Å². The van der Waals surface area contributed by atoms with Gasteiger partial charge in [-0.15, -0.1) is 0 Å². The summed E-state index contributed by atoms with van der Waals surface area (Å²) in [5, 5.41) is 0. The lowest BCUT2D eigenvalue weighted by Crippen LogP contribution is -2.26. The lowest BCUT2D eigenvalue weighted by molar-refractivity contribution is 0.558. The van der Waals surface area contributed by atoms with Gasteiger partial charge in [-0.3, -0.25) is 0 Å². The molecule has 0 heterocycles. The van der Waals surface area contributed by atoms with Crippen LogP contribution in [0, 0.1) is 0 Å². The summed E-state index contributed by atoms with van der Waals surface area (Å²) in [6.07, 6.45) is 1.72. The molecule has 4 aromatic carbocycles. The molecule has 150 valence electrons. The summed E-state index contributed by atoms with van der Waals surface area (Å²) in [5.41, 5.74) is 9.96. The molecule has 5 rings (SSSR count). The van der Waals surface area contributed by atoms with Crippen LogP contribution in [0.15, 0.2) is 122 Å². The molecule has 0 saturated carbocycles. The lowest BCUT2D eigenvalue weighted by atomic mass is 9.68. The van der Waals surface area contributed by atoms with Crippen LogP contribution in [0.3, 0.4) is 0 Å². The number of benzene rings is 4. The first-order valence-electron chi connectivity index (χ1n) is 10.8. The maximum absolute atomic E-state index is 4.53. The molecule has 0 heteroatoms. The Morgan fingerprint density at radius 2 is 0.839 bits per heavy atom. The molecule has 1 aliphatic carbocycles. The number of allylic oxidation sites excluding steroid dienone is 2. The van der Waals surface area contributed by atoms with Crippen molar-refractivity contribution in [1.29, 1.82) is 0 Å². The van der Waals surface area contributed by atoms with E-state index in [0.717, 1.165) is 24.0 Å². The van der Waals surface area contributed by atoms with Crippen LogP contribution < -0.4 is 0 Å². The lowest BCUT2D eigenvalue weighted by Gasteiger charge is -2.34. The van der Waals surface area contributed by atoms with Crippen molar-refractivity contribution in [2.45, 2.75) is 18.3 Å². The van der Waals surface area contributed by atoms with Crippen LogP contribution in [0.1, 0.15) is 35.1 Å². The number of hydrogen-bond donors (Lipinski definition) is 0. The smallest absolute Gasteiger partial charge is 0.0295 e. The molecule has 0 nitrogen and oxygen atoms in total. The van der Waals surface area contributed by atoms with Gasteiger partial charge in [0.05, 0.1) is 0 Å². The van der Waals surface area contributed by atoms with Gasteiger partial charge in [-0.2, -0.15) is 0 Å².